The molecule has 2 amide bonds. The molecule has 0 bridgehead atoms. The van der Waals surface area contributed by atoms with Crippen LogP contribution in [0.2, 0.25) is 5.02 Å². The summed E-state index contributed by atoms with van der Waals surface area (Å²) >= 11 is 5.99. The number of carbonyl (C=O) groups excluding carboxylic acids is 1. The van der Waals surface area contributed by atoms with Crippen molar-refractivity contribution in [3.63, 3.8) is 0 Å². The first-order chi connectivity index (χ1) is 10.4. The van der Waals surface area contributed by atoms with Gasteiger partial charge < -0.3 is 10.0 Å². The molecule has 1 aromatic carbocycles. The fourth-order valence-electron chi connectivity index (χ4n) is 2.09. The second-order valence-corrected chi connectivity index (χ2v) is 5.66. The number of aryl methyl sites for hydroxylation is 1. The van der Waals surface area contributed by atoms with Crippen LogP contribution < -0.4 is 5.32 Å². The predicted molar refractivity (Wildman–Crippen MR) is 86.6 cm³/mol. The zero-order valence-electron chi connectivity index (χ0n) is 12.7. The molecule has 6 nitrogen and oxygen atoms in total. The molecule has 1 heterocycles. The van der Waals surface area contributed by atoms with E-state index in [0.717, 1.165) is 11.4 Å². The Morgan fingerprint density at radius 3 is 2.86 bits per heavy atom. The Kier molecular flexibility index (Phi) is 5.05. The molecule has 0 saturated carbocycles. The average Bonchev–Trinajstić information content (AvgIpc) is 2.78. The van der Waals surface area contributed by atoms with Crippen molar-refractivity contribution in [1.82, 2.24) is 14.7 Å². The quantitative estimate of drug-likeness (QED) is 0.909. The first kappa shape index (κ1) is 16.3. The lowest BCUT2D eigenvalue weighted by Gasteiger charge is -2.18. The number of aliphatic hydroxyl groups excluding tert-OH is 1. The van der Waals surface area contributed by atoms with Crippen molar-refractivity contribution >= 4 is 23.4 Å². The number of nitrogens with zero attached hydrogens (tertiary/aromatic N) is 3. The minimum absolute atomic E-state index is 0.250. The SMILES string of the molecule is Cc1cc(NC(=O)N(C)CC(C)O)nn1-c1cccc(Cl)c1. The first-order valence-corrected chi connectivity index (χ1v) is 7.27. The van der Waals surface area contributed by atoms with Crippen molar-refractivity contribution < 1.29 is 9.90 Å². The maximum Gasteiger partial charge on any atom is 0.322 e. The van der Waals surface area contributed by atoms with Gasteiger partial charge in [0.05, 0.1) is 11.8 Å². The van der Waals surface area contributed by atoms with Gasteiger partial charge in [-0.25, -0.2) is 9.48 Å². The number of benzene rings is 1. The Hall–Kier alpha value is -2.05. The largest absolute Gasteiger partial charge is 0.392 e. The van der Waals surface area contributed by atoms with E-state index in [1.54, 1.807) is 36.9 Å². The third kappa shape index (κ3) is 3.99. The van der Waals surface area contributed by atoms with Crippen molar-refractivity contribution in [2.75, 3.05) is 18.9 Å². The molecule has 7 heteroatoms. The lowest BCUT2D eigenvalue weighted by molar-refractivity contribution is 0.149. The minimum atomic E-state index is -0.582. The van der Waals surface area contributed by atoms with E-state index in [1.807, 2.05) is 19.1 Å². The number of anilines is 1. The van der Waals surface area contributed by atoms with Crippen LogP contribution in [0.15, 0.2) is 30.3 Å². The summed E-state index contributed by atoms with van der Waals surface area (Å²) in [6.45, 7) is 3.77. The maximum atomic E-state index is 12.0. The second kappa shape index (κ2) is 6.81. The molecular weight excluding hydrogens is 304 g/mol. The Bertz CT molecular complexity index is 669. The molecule has 0 fully saturated rings. The van der Waals surface area contributed by atoms with E-state index in [-0.39, 0.29) is 12.6 Å². The van der Waals surface area contributed by atoms with Crippen LogP contribution in [-0.4, -0.2) is 45.5 Å². The molecule has 1 atom stereocenters. The van der Waals surface area contributed by atoms with Gasteiger partial charge >= 0.3 is 6.03 Å². The molecule has 118 valence electrons. The van der Waals surface area contributed by atoms with E-state index in [0.29, 0.717) is 10.8 Å². The average molecular weight is 323 g/mol. The molecule has 2 aromatic rings. The van der Waals surface area contributed by atoms with E-state index in [9.17, 15) is 9.90 Å². The number of rotatable bonds is 4. The van der Waals surface area contributed by atoms with Crippen LogP contribution in [-0.2, 0) is 0 Å². The van der Waals surface area contributed by atoms with Crippen LogP contribution >= 0.6 is 11.6 Å². The van der Waals surface area contributed by atoms with Crippen LogP contribution in [0, 0.1) is 6.92 Å². The minimum Gasteiger partial charge on any atom is -0.392 e. The standard InChI is InChI=1S/C15H19ClN4O2/c1-10-7-14(17-15(22)19(3)9-11(2)21)18-20(10)13-6-4-5-12(16)8-13/h4-8,11,21H,9H2,1-3H3,(H,17,18,22). The molecular formula is C15H19ClN4O2. The summed E-state index contributed by atoms with van der Waals surface area (Å²) in [6.07, 6.45) is -0.582. The fourth-order valence-corrected chi connectivity index (χ4v) is 2.27. The smallest absolute Gasteiger partial charge is 0.322 e. The summed E-state index contributed by atoms with van der Waals surface area (Å²) < 4.78 is 1.70. The van der Waals surface area contributed by atoms with Gasteiger partial charge in [-0.2, -0.15) is 0 Å². The molecule has 0 aliphatic rings. The number of aromatic nitrogens is 2. The Morgan fingerprint density at radius 2 is 2.23 bits per heavy atom. The monoisotopic (exact) mass is 322 g/mol. The molecule has 0 aliphatic heterocycles. The van der Waals surface area contributed by atoms with Crippen LogP contribution in [0.1, 0.15) is 12.6 Å². The molecule has 22 heavy (non-hydrogen) atoms. The summed E-state index contributed by atoms with van der Waals surface area (Å²) in [4.78, 5) is 13.4. The molecule has 0 spiro atoms. The number of halogens is 1. The van der Waals surface area contributed by atoms with Crippen LogP contribution in [0.5, 0.6) is 0 Å². The predicted octanol–water partition coefficient (Wildman–Crippen LogP) is 2.68. The molecule has 0 aliphatic carbocycles. The van der Waals surface area contributed by atoms with Gasteiger partial charge in [-0.05, 0) is 32.0 Å². The fraction of sp³-hybridized carbons (Fsp3) is 0.333. The number of aliphatic hydroxyl groups is 1. The van der Waals surface area contributed by atoms with Crippen molar-refractivity contribution in [2.45, 2.75) is 20.0 Å². The number of urea groups is 1. The van der Waals surface area contributed by atoms with Gasteiger partial charge in [-0.15, -0.1) is 5.10 Å². The van der Waals surface area contributed by atoms with Crippen LogP contribution in [0.4, 0.5) is 10.6 Å². The summed E-state index contributed by atoms with van der Waals surface area (Å²) in [5, 5.41) is 17.0. The number of hydrogen-bond donors (Lipinski definition) is 2. The van der Waals surface area contributed by atoms with Crippen LogP contribution in [0.3, 0.4) is 0 Å². The van der Waals surface area contributed by atoms with E-state index >= 15 is 0 Å². The molecule has 2 N–H and O–H groups in total. The third-order valence-electron chi connectivity index (χ3n) is 3.06. The number of amides is 2. The zero-order valence-corrected chi connectivity index (χ0v) is 13.5. The van der Waals surface area contributed by atoms with Crippen molar-refractivity contribution in [3.8, 4) is 5.69 Å². The summed E-state index contributed by atoms with van der Waals surface area (Å²) in [5.74, 6) is 0.444. The topological polar surface area (TPSA) is 70.4 Å². The highest BCUT2D eigenvalue weighted by Gasteiger charge is 2.14. The van der Waals surface area contributed by atoms with E-state index in [1.165, 1.54) is 4.90 Å². The van der Waals surface area contributed by atoms with Crippen molar-refractivity contribution in [2.24, 2.45) is 0 Å². The second-order valence-electron chi connectivity index (χ2n) is 5.22. The van der Waals surface area contributed by atoms with E-state index in [2.05, 4.69) is 10.4 Å². The van der Waals surface area contributed by atoms with Gasteiger partial charge in [-0.1, -0.05) is 17.7 Å². The van der Waals surface area contributed by atoms with Gasteiger partial charge in [0.1, 0.15) is 0 Å². The summed E-state index contributed by atoms with van der Waals surface area (Å²) in [7, 11) is 1.61. The number of nitrogens with one attached hydrogen (secondary N) is 1. The summed E-state index contributed by atoms with van der Waals surface area (Å²) in [5.41, 5.74) is 1.69. The maximum absolute atomic E-state index is 12.0. The van der Waals surface area contributed by atoms with Gasteiger partial charge in [-0.3, -0.25) is 5.32 Å². The van der Waals surface area contributed by atoms with Gasteiger partial charge in [0.2, 0.25) is 0 Å². The number of carbonyl (C=O) groups is 1. The van der Waals surface area contributed by atoms with Crippen LogP contribution in [0.25, 0.3) is 5.69 Å². The number of likely N-dealkylation sites (N-methyl/N-ethyl adjacent to an activating group) is 1. The van der Waals surface area contributed by atoms with Gasteiger partial charge in [0, 0.05) is 30.4 Å². The molecule has 1 unspecified atom stereocenters. The lowest BCUT2D eigenvalue weighted by atomic mass is 10.3. The van der Waals surface area contributed by atoms with Crippen molar-refractivity contribution in [3.05, 3.63) is 41.0 Å². The highest BCUT2D eigenvalue weighted by Crippen LogP contribution is 2.18. The zero-order chi connectivity index (χ0) is 16.3. The summed E-state index contributed by atoms with van der Waals surface area (Å²) in [6, 6.07) is 8.76. The first-order valence-electron chi connectivity index (χ1n) is 6.89. The highest BCUT2D eigenvalue weighted by atomic mass is 35.5. The highest BCUT2D eigenvalue weighted by molar-refractivity contribution is 6.30. The molecule has 0 radical (unpaired) electrons. The van der Waals surface area contributed by atoms with E-state index in [4.69, 9.17) is 11.6 Å². The van der Waals surface area contributed by atoms with E-state index < -0.39 is 6.10 Å². The van der Waals surface area contributed by atoms with Gasteiger partial charge in [0.15, 0.2) is 5.82 Å². The number of hydrogen-bond acceptors (Lipinski definition) is 3. The van der Waals surface area contributed by atoms with Gasteiger partial charge in [0.25, 0.3) is 0 Å². The normalized spacial score (nSPS) is 12.0. The Morgan fingerprint density at radius 1 is 1.50 bits per heavy atom. The Labute approximate surface area is 134 Å². The molecule has 0 saturated heterocycles. The van der Waals surface area contributed by atoms with Crippen molar-refractivity contribution in [1.29, 1.82) is 0 Å². The molecule has 2 rings (SSSR count). The molecule has 1 aromatic heterocycles. The lowest BCUT2D eigenvalue weighted by Crippen LogP contribution is -2.36. The Balaban J connectivity index is 2.15. The third-order valence-corrected chi connectivity index (χ3v) is 3.30.